The van der Waals surface area contributed by atoms with Gasteiger partial charge in [0, 0.05) is 23.9 Å². The second-order valence-electron chi connectivity index (χ2n) is 7.76. The van der Waals surface area contributed by atoms with Crippen LogP contribution in [-0.2, 0) is 4.79 Å². The third-order valence-corrected chi connectivity index (χ3v) is 7.28. The summed E-state index contributed by atoms with van der Waals surface area (Å²) in [6.45, 7) is 5.98. The highest BCUT2D eigenvalue weighted by Gasteiger charge is 2.28. The molecule has 7 heteroatoms. The number of hydrogen-bond acceptors (Lipinski definition) is 6. The molecular weight excluding hydrogens is 400 g/mol. The van der Waals surface area contributed by atoms with Crippen molar-refractivity contribution in [3.05, 3.63) is 52.0 Å². The Morgan fingerprint density at radius 2 is 1.83 bits per heavy atom. The van der Waals surface area contributed by atoms with Crippen LogP contribution in [0.2, 0.25) is 0 Å². The standard InChI is InChI=1S/C22H26N4OS2/c1-15(2)21(19-6-4-14-29-19)23-22(27)16-9-11-26(12-10-16)20-8-7-17(24-25-20)18-5-3-13-28-18/h3-8,13-16,21H,9-12H2,1-2H3,(H,23,27)/t21-/m1/s1. The van der Waals surface area contributed by atoms with Crippen molar-refractivity contribution in [2.75, 3.05) is 18.0 Å². The van der Waals surface area contributed by atoms with Crippen LogP contribution in [0.1, 0.15) is 37.6 Å². The zero-order valence-corrected chi connectivity index (χ0v) is 18.4. The van der Waals surface area contributed by atoms with Crippen LogP contribution in [0, 0.1) is 11.8 Å². The molecule has 1 aliphatic rings. The summed E-state index contributed by atoms with van der Waals surface area (Å²) in [4.78, 5) is 17.5. The lowest BCUT2D eigenvalue weighted by Crippen LogP contribution is -2.42. The van der Waals surface area contributed by atoms with Gasteiger partial charge in [0.05, 0.1) is 10.9 Å². The van der Waals surface area contributed by atoms with Crippen molar-refractivity contribution in [1.82, 2.24) is 15.5 Å². The van der Waals surface area contributed by atoms with Gasteiger partial charge in [-0.1, -0.05) is 26.0 Å². The average Bonchev–Trinajstić information content (AvgIpc) is 3.46. The molecule has 0 spiro atoms. The summed E-state index contributed by atoms with van der Waals surface area (Å²) < 4.78 is 0. The van der Waals surface area contributed by atoms with E-state index in [2.05, 4.69) is 51.8 Å². The Bertz CT molecular complexity index is 899. The molecule has 1 aliphatic heterocycles. The summed E-state index contributed by atoms with van der Waals surface area (Å²) in [6, 6.07) is 12.4. The van der Waals surface area contributed by atoms with Crippen LogP contribution in [0.15, 0.2) is 47.2 Å². The molecule has 3 aromatic heterocycles. The second-order valence-corrected chi connectivity index (χ2v) is 9.69. The predicted molar refractivity (Wildman–Crippen MR) is 120 cm³/mol. The summed E-state index contributed by atoms with van der Waals surface area (Å²) in [6.07, 6.45) is 1.69. The summed E-state index contributed by atoms with van der Waals surface area (Å²) in [5, 5.41) is 16.2. The molecular formula is C22H26N4OS2. The molecule has 0 bridgehead atoms. The van der Waals surface area contributed by atoms with E-state index in [1.54, 1.807) is 22.7 Å². The Balaban J connectivity index is 1.33. The van der Waals surface area contributed by atoms with Gasteiger partial charge >= 0.3 is 0 Å². The van der Waals surface area contributed by atoms with Crippen LogP contribution in [0.5, 0.6) is 0 Å². The van der Waals surface area contributed by atoms with Crippen LogP contribution in [0.4, 0.5) is 5.82 Å². The van der Waals surface area contributed by atoms with Gasteiger partial charge in [-0.05, 0) is 53.8 Å². The maximum Gasteiger partial charge on any atom is 0.223 e. The second kappa shape index (κ2) is 9.05. The number of nitrogens with one attached hydrogen (secondary N) is 1. The number of aromatic nitrogens is 2. The number of thiophene rings is 2. The van der Waals surface area contributed by atoms with Crippen molar-refractivity contribution in [3.63, 3.8) is 0 Å². The molecule has 0 unspecified atom stereocenters. The SMILES string of the molecule is CC(C)[C@@H](NC(=O)C1CCN(c2ccc(-c3cccs3)nn2)CC1)c1cccs1. The number of carbonyl (C=O) groups is 1. The van der Waals surface area contributed by atoms with Gasteiger partial charge in [0.1, 0.15) is 5.69 Å². The number of rotatable bonds is 6. The molecule has 4 rings (SSSR count). The van der Waals surface area contributed by atoms with E-state index < -0.39 is 0 Å². The first-order valence-corrected chi connectivity index (χ1v) is 11.8. The number of piperidine rings is 1. The fourth-order valence-corrected chi connectivity index (χ4v) is 5.37. The molecule has 3 aromatic rings. The number of amides is 1. The Morgan fingerprint density at radius 3 is 2.41 bits per heavy atom. The van der Waals surface area contributed by atoms with Crippen molar-refractivity contribution in [3.8, 4) is 10.6 Å². The van der Waals surface area contributed by atoms with Gasteiger partial charge in [-0.3, -0.25) is 4.79 Å². The van der Waals surface area contributed by atoms with Crippen LogP contribution < -0.4 is 10.2 Å². The Morgan fingerprint density at radius 1 is 1.07 bits per heavy atom. The zero-order chi connectivity index (χ0) is 20.2. The Hall–Kier alpha value is -2.25. The van der Waals surface area contributed by atoms with E-state index >= 15 is 0 Å². The highest BCUT2D eigenvalue weighted by Crippen LogP contribution is 2.29. The van der Waals surface area contributed by atoms with Crippen molar-refractivity contribution >= 4 is 34.4 Å². The maximum atomic E-state index is 12.9. The van der Waals surface area contributed by atoms with Crippen molar-refractivity contribution < 1.29 is 4.79 Å². The minimum absolute atomic E-state index is 0.0609. The van der Waals surface area contributed by atoms with E-state index in [1.807, 2.05) is 29.6 Å². The minimum Gasteiger partial charge on any atom is -0.355 e. The number of anilines is 1. The van der Waals surface area contributed by atoms with Crippen LogP contribution in [-0.4, -0.2) is 29.2 Å². The topological polar surface area (TPSA) is 58.1 Å². The highest BCUT2D eigenvalue weighted by atomic mass is 32.1. The first-order valence-electron chi connectivity index (χ1n) is 10.1. The minimum atomic E-state index is 0.0609. The average molecular weight is 427 g/mol. The van der Waals surface area contributed by atoms with E-state index in [-0.39, 0.29) is 17.9 Å². The van der Waals surface area contributed by atoms with Crippen molar-refractivity contribution in [1.29, 1.82) is 0 Å². The van der Waals surface area contributed by atoms with Gasteiger partial charge in [-0.25, -0.2) is 0 Å². The molecule has 29 heavy (non-hydrogen) atoms. The van der Waals surface area contributed by atoms with Gasteiger partial charge in [0.25, 0.3) is 0 Å². The molecule has 1 N–H and O–H groups in total. The van der Waals surface area contributed by atoms with Crippen molar-refractivity contribution in [2.24, 2.45) is 11.8 Å². The van der Waals surface area contributed by atoms with Crippen molar-refractivity contribution in [2.45, 2.75) is 32.7 Å². The van der Waals surface area contributed by atoms with E-state index in [0.717, 1.165) is 42.3 Å². The first-order chi connectivity index (χ1) is 14.1. The first kappa shape index (κ1) is 20.0. The highest BCUT2D eigenvalue weighted by molar-refractivity contribution is 7.13. The smallest absolute Gasteiger partial charge is 0.223 e. The molecule has 1 atom stereocenters. The van der Waals surface area contributed by atoms with E-state index in [4.69, 9.17) is 0 Å². The number of hydrogen-bond donors (Lipinski definition) is 1. The number of carbonyl (C=O) groups excluding carboxylic acids is 1. The maximum absolute atomic E-state index is 12.9. The van der Waals surface area contributed by atoms with Crippen LogP contribution in [0.3, 0.4) is 0 Å². The Kier molecular flexibility index (Phi) is 6.25. The molecule has 4 heterocycles. The fraction of sp³-hybridized carbons (Fsp3) is 0.409. The molecule has 5 nitrogen and oxygen atoms in total. The van der Waals surface area contributed by atoms with Crippen LogP contribution in [0.25, 0.3) is 10.6 Å². The van der Waals surface area contributed by atoms with Gasteiger partial charge in [-0.2, -0.15) is 0 Å². The fourth-order valence-electron chi connectivity index (χ4n) is 3.73. The number of nitrogens with zero attached hydrogens (tertiary/aromatic N) is 3. The molecule has 1 amide bonds. The normalized spacial score (nSPS) is 16.2. The van der Waals surface area contributed by atoms with E-state index in [1.165, 1.54) is 4.88 Å². The zero-order valence-electron chi connectivity index (χ0n) is 16.7. The quantitative estimate of drug-likeness (QED) is 0.603. The van der Waals surface area contributed by atoms with Gasteiger partial charge < -0.3 is 10.2 Å². The molecule has 0 aromatic carbocycles. The van der Waals surface area contributed by atoms with E-state index in [9.17, 15) is 4.79 Å². The molecule has 1 fully saturated rings. The molecule has 0 radical (unpaired) electrons. The molecule has 0 aliphatic carbocycles. The van der Waals surface area contributed by atoms with E-state index in [0.29, 0.717) is 5.92 Å². The molecule has 152 valence electrons. The summed E-state index contributed by atoms with van der Waals surface area (Å²) >= 11 is 3.38. The third-order valence-electron chi connectivity index (χ3n) is 5.43. The Labute approximate surface area is 179 Å². The summed E-state index contributed by atoms with van der Waals surface area (Å²) in [5.74, 6) is 1.50. The lowest BCUT2D eigenvalue weighted by atomic mass is 9.94. The summed E-state index contributed by atoms with van der Waals surface area (Å²) in [5.41, 5.74) is 0.909. The lowest BCUT2D eigenvalue weighted by molar-refractivity contribution is -0.126. The summed E-state index contributed by atoms with van der Waals surface area (Å²) in [7, 11) is 0. The molecule has 0 saturated carbocycles. The largest absolute Gasteiger partial charge is 0.355 e. The third kappa shape index (κ3) is 4.67. The predicted octanol–water partition coefficient (Wildman–Crippen LogP) is 5.00. The van der Waals surface area contributed by atoms with Gasteiger partial charge in [-0.15, -0.1) is 32.9 Å². The van der Waals surface area contributed by atoms with Gasteiger partial charge in [0.15, 0.2) is 5.82 Å². The molecule has 1 saturated heterocycles. The van der Waals surface area contributed by atoms with Crippen LogP contribution >= 0.6 is 22.7 Å². The van der Waals surface area contributed by atoms with Gasteiger partial charge in [0.2, 0.25) is 5.91 Å². The lowest BCUT2D eigenvalue weighted by Gasteiger charge is -2.33. The monoisotopic (exact) mass is 426 g/mol.